The SMILES string of the molecule is CCc1cc(-c2noc(-c3cc(C)c(CC(C)C)cn3)n2)cc(C)c1OC[C@@H](O)CNCCO. The highest BCUT2D eigenvalue weighted by Gasteiger charge is 2.17. The monoisotopic (exact) mass is 468 g/mol. The van der Waals surface area contributed by atoms with Gasteiger partial charge in [0, 0.05) is 24.8 Å². The summed E-state index contributed by atoms with van der Waals surface area (Å²) in [5.41, 5.74) is 5.84. The van der Waals surface area contributed by atoms with Crippen molar-refractivity contribution >= 4 is 0 Å². The number of ether oxygens (including phenoxy) is 1. The zero-order valence-electron chi connectivity index (χ0n) is 20.8. The van der Waals surface area contributed by atoms with Crippen LogP contribution in [0.3, 0.4) is 0 Å². The Bertz CT molecular complexity index is 1080. The predicted molar refractivity (Wildman–Crippen MR) is 132 cm³/mol. The number of benzene rings is 1. The second kappa shape index (κ2) is 12.1. The van der Waals surface area contributed by atoms with Crippen LogP contribution < -0.4 is 10.1 Å². The molecule has 0 radical (unpaired) electrons. The van der Waals surface area contributed by atoms with Gasteiger partial charge in [-0.25, -0.2) is 0 Å². The minimum absolute atomic E-state index is 0.0328. The zero-order valence-corrected chi connectivity index (χ0v) is 20.8. The Labute approximate surface area is 201 Å². The van der Waals surface area contributed by atoms with Crippen molar-refractivity contribution in [3.05, 3.63) is 46.6 Å². The average molecular weight is 469 g/mol. The molecule has 3 rings (SSSR count). The maximum atomic E-state index is 10.1. The standard InChI is InChI=1S/C26H36N4O4/c1-6-19-12-20(10-18(5)24(19)33-15-22(32)14-27-7-8-31)25-29-26(34-30-25)23-11-17(4)21(13-28-23)9-16(2)3/h10-13,16,22,27,31-32H,6-9,14-15H2,1-5H3/t22-/m0/s1. The highest BCUT2D eigenvalue weighted by molar-refractivity contribution is 5.63. The molecule has 0 aliphatic heterocycles. The lowest BCUT2D eigenvalue weighted by Crippen LogP contribution is -2.33. The highest BCUT2D eigenvalue weighted by Crippen LogP contribution is 2.31. The molecule has 0 unspecified atom stereocenters. The van der Waals surface area contributed by atoms with Gasteiger partial charge in [-0.3, -0.25) is 4.98 Å². The first kappa shape index (κ1) is 25.8. The maximum Gasteiger partial charge on any atom is 0.276 e. The molecule has 0 spiro atoms. The molecule has 0 aliphatic rings. The molecule has 3 N–H and O–H groups in total. The third-order valence-electron chi connectivity index (χ3n) is 5.57. The molecule has 34 heavy (non-hydrogen) atoms. The lowest BCUT2D eigenvalue weighted by atomic mass is 10.0. The summed E-state index contributed by atoms with van der Waals surface area (Å²) in [4.78, 5) is 9.14. The number of aliphatic hydroxyl groups is 2. The van der Waals surface area contributed by atoms with Crippen LogP contribution in [0.1, 0.15) is 43.0 Å². The van der Waals surface area contributed by atoms with Crippen LogP contribution in [0.5, 0.6) is 5.75 Å². The molecule has 2 aromatic heterocycles. The summed E-state index contributed by atoms with van der Waals surface area (Å²) in [5, 5.41) is 26.1. The summed E-state index contributed by atoms with van der Waals surface area (Å²) < 4.78 is 11.5. The second-order valence-electron chi connectivity index (χ2n) is 9.04. The second-order valence-corrected chi connectivity index (χ2v) is 9.04. The van der Waals surface area contributed by atoms with E-state index in [0.717, 1.165) is 40.8 Å². The lowest BCUT2D eigenvalue weighted by molar-refractivity contribution is 0.104. The summed E-state index contributed by atoms with van der Waals surface area (Å²) in [6.45, 7) is 11.5. The maximum absolute atomic E-state index is 10.1. The Hall–Kier alpha value is -2.81. The Morgan fingerprint density at radius 2 is 1.91 bits per heavy atom. The van der Waals surface area contributed by atoms with Crippen molar-refractivity contribution in [2.45, 2.75) is 53.6 Å². The molecular weight excluding hydrogens is 432 g/mol. The smallest absolute Gasteiger partial charge is 0.276 e. The molecule has 0 saturated heterocycles. The molecule has 0 amide bonds. The number of aliphatic hydroxyl groups excluding tert-OH is 2. The normalized spacial score (nSPS) is 12.4. The number of aryl methyl sites for hydroxylation is 3. The van der Waals surface area contributed by atoms with Crippen LogP contribution in [0, 0.1) is 19.8 Å². The zero-order chi connectivity index (χ0) is 24.7. The number of nitrogens with one attached hydrogen (secondary N) is 1. The van der Waals surface area contributed by atoms with Crippen molar-refractivity contribution in [3.8, 4) is 28.7 Å². The Morgan fingerprint density at radius 1 is 1.12 bits per heavy atom. The van der Waals surface area contributed by atoms with Crippen LogP contribution in [0.4, 0.5) is 0 Å². The van der Waals surface area contributed by atoms with Crippen molar-refractivity contribution in [2.24, 2.45) is 5.92 Å². The van der Waals surface area contributed by atoms with Gasteiger partial charge in [-0.15, -0.1) is 0 Å². The predicted octanol–water partition coefficient (Wildman–Crippen LogP) is 3.50. The molecule has 0 fully saturated rings. The Kier molecular flexibility index (Phi) is 9.15. The van der Waals surface area contributed by atoms with Gasteiger partial charge in [0.15, 0.2) is 0 Å². The molecule has 2 heterocycles. The molecule has 0 bridgehead atoms. The largest absolute Gasteiger partial charge is 0.490 e. The van der Waals surface area contributed by atoms with Crippen LogP contribution in [-0.4, -0.2) is 57.7 Å². The summed E-state index contributed by atoms with van der Waals surface area (Å²) in [5.74, 6) is 2.21. The van der Waals surface area contributed by atoms with Crippen LogP contribution in [0.15, 0.2) is 28.9 Å². The van der Waals surface area contributed by atoms with Gasteiger partial charge in [-0.2, -0.15) is 4.98 Å². The van der Waals surface area contributed by atoms with Crippen molar-refractivity contribution < 1.29 is 19.5 Å². The third-order valence-corrected chi connectivity index (χ3v) is 5.57. The molecule has 1 aromatic carbocycles. The third kappa shape index (κ3) is 6.62. The first-order valence-electron chi connectivity index (χ1n) is 11.9. The van der Waals surface area contributed by atoms with Crippen LogP contribution in [-0.2, 0) is 12.8 Å². The van der Waals surface area contributed by atoms with E-state index in [2.05, 4.69) is 48.1 Å². The fraction of sp³-hybridized carbons (Fsp3) is 0.500. The van der Waals surface area contributed by atoms with Crippen LogP contribution in [0.2, 0.25) is 0 Å². The minimum Gasteiger partial charge on any atom is -0.490 e. The van der Waals surface area contributed by atoms with Gasteiger partial charge >= 0.3 is 0 Å². The lowest BCUT2D eigenvalue weighted by Gasteiger charge is -2.17. The summed E-state index contributed by atoms with van der Waals surface area (Å²) in [6.07, 6.45) is 2.97. The highest BCUT2D eigenvalue weighted by atomic mass is 16.5. The van der Waals surface area contributed by atoms with Gasteiger partial charge in [-0.05, 0) is 73.1 Å². The van der Waals surface area contributed by atoms with E-state index in [4.69, 9.17) is 14.4 Å². The van der Waals surface area contributed by atoms with Crippen molar-refractivity contribution in [1.29, 1.82) is 0 Å². The fourth-order valence-corrected chi connectivity index (χ4v) is 3.83. The first-order valence-corrected chi connectivity index (χ1v) is 11.9. The Morgan fingerprint density at radius 3 is 2.59 bits per heavy atom. The molecule has 184 valence electrons. The topological polar surface area (TPSA) is 114 Å². The van der Waals surface area contributed by atoms with E-state index in [1.54, 1.807) is 0 Å². The summed E-state index contributed by atoms with van der Waals surface area (Å²) in [6, 6.07) is 5.96. The fourth-order valence-electron chi connectivity index (χ4n) is 3.83. The number of rotatable bonds is 12. The first-order chi connectivity index (χ1) is 16.3. The molecule has 8 heteroatoms. The number of aromatic nitrogens is 3. The van der Waals surface area contributed by atoms with Crippen molar-refractivity contribution in [3.63, 3.8) is 0 Å². The van der Waals surface area contributed by atoms with Crippen molar-refractivity contribution in [2.75, 3.05) is 26.3 Å². The van der Waals surface area contributed by atoms with Crippen LogP contribution >= 0.6 is 0 Å². The van der Waals surface area contributed by atoms with E-state index in [9.17, 15) is 5.11 Å². The number of hydrogen-bond donors (Lipinski definition) is 3. The van der Waals surface area contributed by atoms with E-state index in [-0.39, 0.29) is 13.2 Å². The van der Waals surface area contributed by atoms with E-state index >= 15 is 0 Å². The molecule has 8 nitrogen and oxygen atoms in total. The van der Waals surface area contributed by atoms with E-state index in [1.807, 2.05) is 31.3 Å². The van der Waals surface area contributed by atoms with Crippen LogP contribution in [0.25, 0.3) is 23.0 Å². The number of hydrogen-bond acceptors (Lipinski definition) is 8. The molecular formula is C26H36N4O4. The number of nitrogens with zero attached hydrogens (tertiary/aromatic N) is 3. The Balaban J connectivity index is 1.77. The summed E-state index contributed by atoms with van der Waals surface area (Å²) >= 11 is 0. The molecule has 0 aliphatic carbocycles. The van der Waals surface area contributed by atoms with E-state index in [1.165, 1.54) is 5.56 Å². The van der Waals surface area contributed by atoms with E-state index in [0.29, 0.717) is 36.4 Å². The average Bonchev–Trinajstić information content (AvgIpc) is 3.29. The van der Waals surface area contributed by atoms with Gasteiger partial charge in [0.2, 0.25) is 5.82 Å². The van der Waals surface area contributed by atoms with E-state index < -0.39 is 6.10 Å². The number of pyridine rings is 1. The van der Waals surface area contributed by atoms with Gasteiger partial charge in [0.05, 0.1) is 6.61 Å². The van der Waals surface area contributed by atoms with Crippen molar-refractivity contribution in [1.82, 2.24) is 20.4 Å². The quantitative estimate of drug-likeness (QED) is 0.346. The summed E-state index contributed by atoms with van der Waals surface area (Å²) in [7, 11) is 0. The molecule has 0 saturated carbocycles. The van der Waals surface area contributed by atoms with Gasteiger partial charge < -0.3 is 24.8 Å². The van der Waals surface area contributed by atoms with Gasteiger partial charge in [-0.1, -0.05) is 25.9 Å². The van der Waals surface area contributed by atoms with Gasteiger partial charge in [0.25, 0.3) is 5.89 Å². The molecule has 3 aromatic rings. The molecule has 1 atom stereocenters. The van der Waals surface area contributed by atoms with Gasteiger partial charge in [0.1, 0.15) is 24.2 Å². The minimum atomic E-state index is -0.669.